The van der Waals surface area contributed by atoms with Crippen molar-refractivity contribution in [2.45, 2.75) is 39.7 Å². The molecule has 3 heterocycles. The average molecular weight is 260 g/mol. The van der Waals surface area contributed by atoms with Crippen LogP contribution < -0.4 is 5.73 Å². The molecule has 1 aliphatic rings. The number of nitrogen functional groups attached to an aromatic ring is 1. The van der Waals surface area contributed by atoms with Crippen molar-refractivity contribution in [1.29, 1.82) is 0 Å². The number of aryl methyl sites for hydroxylation is 2. The zero-order chi connectivity index (χ0) is 13.7. The molecule has 19 heavy (non-hydrogen) atoms. The normalized spacial score (nSPS) is 22.5. The second-order valence-corrected chi connectivity index (χ2v) is 5.56. The van der Waals surface area contributed by atoms with Crippen LogP contribution >= 0.6 is 0 Å². The lowest BCUT2D eigenvalue weighted by Gasteiger charge is -2.29. The lowest BCUT2D eigenvalue weighted by molar-refractivity contribution is 0.328. The van der Waals surface area contributed by atoms with Crippen LogP contribution in [-0.2, 0) is 20.0 Å². The number of hydrogen-bond donors (Lipinski definition) is 1. The first-order valence-electron chi connectivity index (χ1n) is 6.66. The van der Waals surface area contributed by atoms with Gasteiger partial charge in [-0.25, -0.2) is 4.68 Å². The SMILES string of the molecule is Cc1nn(C)c(C)c1C1Cn2nc(N)nc2CC1C. The first kappa shape index (κ1) is 12.2. The summed E-state index contributed by atoms with van der Waals surface area (Å²) in [5.74, 6) is 2.34. The molecule has 2 N–H and O–H groups in total. The third-order valence-electron chi connectivity index (χ3n) is 4.26. The van der Waals surface area contributed by atoms with Gasteiger partial charge in [-0.05, 0) is 19.8 Å². The van der Waals surface area contributed by atoms with E-state index in [2.05, 4.69) is 36.0 Å². The maximum atomic E-state index is 5.69. The Morgan fingerprint density at radius 2 is 2.00 bits per heavy atom. The molecule has 0 aliphatic carbocycles. The predicted molar refractivity (Wildman–Crippen MR) is 72.7 cm³/mol. The third-order valence-corrected chi connectivity index (χ3v) is 4.26. The Bertz CT molecular complexity index is 623. The molecule has 2 atom stereocenters. The van der Waals surface area contributed by atoms with Gasteiger partial charge in [-0.2, -0.15) is 10.1 Å². The van der Waals surface area contributed by atoms with E-state index in [-0.39, 0.29) is 0 Å². The number of rotatable bonds is 1. The number of aromatic nitrogens is 5. The molecule has 0 fully saturated rings. The summed E-state index contributed by atoms with van der Waals surface area (Å²) in [6.45, 7) is 7.33. The standard InChI is InChI=1S/C13H20N6/c1-7-5-11-15-13(14)17-19(11)6-10(7)12-8(2)16-18(4)9(12)3/h7,10H,5-6H2,1-4H3,(H2,14,17). The van der Waals surface area contributed by atoms with Gasteiger partial charge in [-0.15, -0.1) is 5.10 Å². The van der Waals surface area contributed by atoms with Gasteiger partial charge in [-0.1, -0.05) is 6.92 Å². The van der Waals surface area contributed by atoms with E-state index in [0.29, 0.717) is 17.8 Å². The van der Waals surface area contributed by atoms with E-state index in [0.717, 1.165) is 24.5 Å². The van der Waals surface area contributed by atoms with Gasteiger partial charge in [0.05, 0.1) is 12.2 Å². The Kier molecular flexibility index (Phi) is 2.62. The summed E-state index contributed by atoms with van der Waals surface area (Å²) in [6, 6.07) is 0. The van der Waals surface area contributed by atoms with Gasteiger partial charge in [0.2, 0.25) is 5.95 Å². The maximum Gasteiger partial charge on any atom is 0.239 e. The fourth-order valence-electron chi connectivity index (χ4n) is 3.19. The summed E-state index contributed by atoms with van der Waals surface area (Å²) in [5.41, 5.74) is 9.41. The Balaban J connectivity index is 2.02. The first-order valence-corrected chi connectivity index (χ1v) is 6.66. The van der Waals surface area contributed by atoms with Crippen molar-refractivity contribution < 1.29 is 0 Å². The molecule has 2 aromatic heterocycles. The van der Waals surface area contributed by atoms with Gasteiger partial charge < -0.3 is 5.73 Å². The zero-order valence-electron chi connectivity index (χ0n) is 11.9. The molecular weight excluding hydrogens is 240 g/mol. The summed E-state index contributed by atoms with van der Waals surface area (Å²) < 4.78 is 3.91. The highest BCUT2D eigenvalue weighted by Gasteiger charge is 2.32. The second-order valence-electron chi connectivity index (χ2n) is 5.56. The van der Waals surface area contributed by atoms with E-state index in [1.165, 1.54) is 11.3 Å². The van der Waals surface area contributed by atoms with Crippen molar-refractivity contribution in [3.8, 4) is 0 Å². The summed E-state index contributed by atoms with van der Waals surface area (Å²) in [6.07, 6.45) is 0.919. The van der Waals surface area contributed by atoms with E-state index in [4.69, 9.17) is 5.73 Å². The van der Waals surface area contributed by atoms with E-state index < -0.39 is 0 Å². The van der Waals surface area contributed by atoms with E-state index in [1.54, 1.807) is 0 Å². The summed E-state index contributed by atoms with van der Waals surface area (Å²) in [4.78, 5) is 4.29. The van der Waals surface area contributed by atoms with E-state index in [9.17, 15) is 0 Å². The highest BCUT2D eigenvalue weighted by atomic mass is 15.4. The van der Waals surface area contributed by atoms with Crippen LogP contribution in [0.25, 0.3) is 0 Å². The predicted octanol–water partition coefficient (Wildman–Crippen LogP) is 1.19. The smallest absolute Gasteiger partial charge is 0.239 e. The van der Waals surface area contributed by atoms with Crippen molar-refractivity contribution in [3.05, 3.63) is 22.8 Å². The Morgan fingerprint density at radius 1 is 1.26 bits per heavy atom. The molecule has 6 heteroatoms. The quantitative estimate of drug-likeness (QED) is 0.835. The summed E-state index contributed by atoms with van der Waals surface area (Å²) >= 11 is 0. The highest BCUT2D eigenvalue weighted by molar-refractivity contribution is 5.30. The van der Waals surface area contributed by atoms with Crippen LogP contribution in [0.1, 0.15) is 35.6 Å². The highest BCUT2D eigenvalue weighted by Crippen LogP contribution is 2.36. The van der Waals surface area contributed by atoms with Crippen LogP contribution in [0.3, 0.4) is 0 Å². The average Bonchev–Trinajstić information content (AvgIpc) is 2.79. The van der Waals surface area contributed by atoms with Gasteiger partial charge in [0.1, 0.15) is 5.82 Å². The third kappa shape index (κ3) is 1.82. The van der Waals surface area contributed by atoms with Crippen LogP contribution in [0, 0.1) is 19.8 Å². The lowest BCUT2D eigenvalue weighted by Crippen LogP contribution is -2.27. The van der Waals surface area contributed by atoms with Gasteiger partial charge in [0, 0.05) is 30.6 Å². The molecule has 102 valence electrons. The van der Waals surface area contributed by atoms with Crippen LogP contribution in [0.2, 0.25) is 0 Å². The Hall–Kier alpha value is -1.85. The van der Waals surface area contributed by atoms with Crippen LogP contribution in [0.5, 0.6) is 0 Å². The van der Waals surface area contributed by atoms with Gasteiger partial charge in [-0.3, -0.25) is 4.68 Å². The second kappa shape index (κ2) is 4.08. The molecule has 0 spiro atoms. The van der Waals surface area contributed by atoms with E-state index >= 15 is 0 Å². The number of nitrogens with two attached hydrogens (primary N) is 1. The summed E-state index contributed by atoms with van der Waals surface area (Å²) in [7, 11) is 2.00. The number of fused-ring (bicyclic) bond motifs is 1. The molecule has 0 radical (unpaired) electrons. The minimum Gasteiger partial charge on any atom is -0.366 e. The first-order chi connectivity index (χ1) is 8.97. The minimum absolute atomic E-state index is 0.377. The van der Waals surface area contributed by atoms with Crippen LogP contribution in [-0.4, -0.2) is 24.5 Å². The fourth-order valence-corrected chi connectivity index (χ4v) is 3.19. The largest absolute Gasteiger partial charge is 0.366 e. The van der Waals surface area contributed by atoms with Gasteiger partial charge in [0.15, 0.2) is 0 Å². The lowest BCUT2D eigenvalue weighted by atomic mass is 9.82. The van der Waals surface area contributed by atoms with Crippen molar-refractivity contribution in [2.75, 3.05) is 5.73 Å². The Labute approximate surface area is 112 Å². The molecule has 0 bridgehead atoms. The fraction of sp³-hybridized carbons (Fsp3) is 0.615. The van der Waals surface area contributed by atoms with Crippen LogP contribution in [0.4, 0.5) is 5.95 Å². The number of hydrogen-bond acceptors (Lipinski definition) is 4. The van der Waals surface area contributed by atoms with Crippen molar-refractivity contribution in [3.63, 3.8) is 0 Å². The molecule has 3 rings (SSSR count). The van der Waals surface area contributed by atoms with Gasteiger partial charge in [0.25, 0.3) is 0 Å². The zero-order valence-corrected chi connectivity index (χ0v) is 11.9. The van der Waals surface area contributed by atoms with Crippen molar-refractivity contribution in [2.24, 2.45) is 13.0 Å². The number of anilines is 1. The molecule has 2 unspecified atom stereocenters. The molecule has 0 saturated heterocycles. The minimum atomic E-state index is 0.377. The topological polar surface area (TPSA) is 74.5 Å². The van der Waals surface area contributed by atoms with Crippen molar-refractivity contribution >= 4 is 5.95 Å². The maximum absolute atomic E-state index is 5.69. The summed E-state index contributed by atoms with van der Waals surface area (Å²) in [5, 5.41) is 8.81. The van der Waals surface area contributed by atoms with Gasteiger partial charge >= 0.3 is 0 Å². The molecule has 0 saturated carbocycles. The van der Waals surface area contributed by atoms with Crippen LogP contribution in [0.15, 0.2) is 0 Å². The molecule has 6 nitrogen and oxygen atoms in total. The molecular formula is C13H20N6. The number of nitrogens with zero attached hydrogens (tertiary/aromatic N) is 5. The molecule has 2 aromatic rings. The molecule has 0 aromatic carbocycles. The van der Waals surface area contributed by atoms with Crippen molar-refractivity contribution in [1.82, 2.24) is 24.5 Å². The van der Waals surface area contributed by atoms with E-state index in [1.807, 2.05) is 16.4 Å². The molecule has 1 aliphatic heterocycles. The Morgan fingerprint density at radius 3 is 2.63 bits per heavy atom. The monoisotopic (exact) mass is 260 g/mol. The molecule has 0 amide bonds.